The number of amides is 1. The molecule has 1 saturated heterocycles. The highest BCUT2D eigenvalue weighted by atomic mass is 32.2. The van der Waals surface area contributed by atoms with Crippen LogP contribution in [0.2, 0.25) is 0 Å². The first-order valence-electron chi connectivity index (χ1n) is 7.78. The van der Waals surface area contributed by atoms with Gasteiger partial charge < -0.3 is 10.6 Å². The highest BCUT2D eigenvalue weighted by Gasteiger charge is 2.23. The summed E-state index contributed by atoms with van der Waals surface area (Å²) >= 11 is 2.01. The summed E-state index contributed by atoms with van der Waals surface area (Å²) in [6.45, 7) is 4.82. The number of nitrogens with zero attached hydrogens (tertiary/aromatic N) is 1. The number of benzene rings is 1. The van der Waals surface area contributed by atoms with Crippen molar-refractivity contribution in [3.8, 4) is 0 Å². The highest BCUT2D eigenvalue weighted by molar-refractivity contribution is 7.99. The Hall–Kier alpha value is -1.16. The quantitative estimate of drug-likeness (QED) is 0.846. The van der Waals surface area contributed by atoms with Crippen LogP contribution in [0.5, 0.6) is 0 Å². The maximum absolute atomic E-state index is 12.6. The molecule has 3 nitrogen and oxygen atoms in total. The van der Waals surface area contributed by atoms with Gasteiger partial charge in [-0.3, -0.25) is 4.79 Å². The molecule has 1 amide bonds. The maximum atomic E-state index is 12.6. The molecule has 0 unspecified atom stereocenters. The predicted octanol–water partition coefficient (Wildman–Crippen LogP) is 3.54. The van der Waals surface area contributed by atoms with Gasteiger partial charge in [-0.1, -0.05) is 12.1 Å². The monoisotopic (exact) mass is 306 g/mol. The van der Waals surface area contributed by atoms with Crippen LogP contribution in [-0.4, -0.2) is 28.4 Å². The number of hydrogen-bond acceptors (Lipinski definition) is 3. The summed E-state index contributed by atoms with van der Waals surface area (Å²) < 4.78 is 0. The van der Waals surface area contributed by atoms with Crippen LogP contribution in [0.15, 0.2) is 24.3 Å². The molecule has 0 spiro atoms. The zero-order chi connectivity index (χ0) is 15.2. The van der Waals surface area contributed by atoms with E-state index >= 15 is 0 Å². The van der Waals surface area contributed by atoms with Gasteiger partial charge in [0.1, 0.15) is 0 Å². The van der Waals surface area contributed by atoms with Gasteiger partial charge in [-0.25, -0.2) is 0 Å². The van der Waals surface area contributed by atoms with E-state index < -0.39 is 0 Å². The first kappa shape index (κ1) is 16.2. The standard InChI is InChI=1S/C17H26N2OS/c1-13(2)19(12-15-4-3-5-16(18)10-15)17(20)11-14-6-8-21-9-7-14/h3-5,10,13-14H,6-9,11-12,18H2,1-2H3. The molecular formula is C17H26N2OS. The summed E-state index contributed by atoms with van der Waals surface area (Å²) in [4.78, 5) is 14.6. The molecule has 2 N–H and O–H groups in total. The van der Waals surface area contributed by atoms with E-state index in [2.05, 4.69) is 13.8 Å². The fraction of sp³-hybridized carbons (Fsp3) is 0.588. The number of hydrogen-bond donors (Lipinski definition) is 1. The van der Waals surface area contributed by atoms with Crippen LogP contribution in [0.3, 0.4) is 0 Å². The first-order chi connectivity index (χ1) is 10.1. The molecule has 21 heavy (non-hydrogen) atoms. The first-order valence-corrected chi connectivity index (χ1v) is 8.93. The van der Waals surface area contributed by atoms with Gasteiger partial charge in [0.05, 0.1) is 0 Å². The Kier molecular flexibility index (Phi) is 5.97. The molecule has 0 bridgehead atoms. The van der Waals surface area contributed by atoms with Gasteiger partial charge in [-0.2, -0.15) is 11.8 Å². The number of nitrogens with two attached hydrogens (primary N) is 1. The summed E-state index contributed by atoms with van der Waals surface area (Å²) in [7, 11) is 0. The lowest BCUT2D eigenvalue weighted by atomic mass is 9.97. The van der Waals surface area contributed by atoms with Gasteiger partial charge in [0, 0.05) is 24.7 Å². The van der Waals surface area contributed by atoms with E-state index in [0.717, 1.165) is 11.3 Å². The van der Waals surface area contributed by atoms with E-state index in [-0.39, 0.29) is 11.9 Å². The Bertz CT molecular complexity index is 470. The third-order valence-corrected chi connectivity index (χ3v) is 5.10. The van der Waals surface area contributed by atoms with Gasteiger partial charge in [0.2, 0.25) is 5.91 Å². The molecule has 1 aromatic rings. The summed E-state index contributed by atoms with van der Waals surface area (Å²) in [5, 5.41) is 0. The summed E-state index contributed by atoms with van der Waals surface area (Å²) in [5.41, 5.74) is 7.70. The van der Waals surface area contributed by atoms with Gasteiger partial charge >= 0.3 is 0 Å². The second-order valence-electron chi connectivity index (χ2n) is 6.12. The molecule has 0 aromatic heterocycles. The lowest BCUT2D eigenvalue weighted by molar-refractivity contribution is -0.134. The number of thioether (sulfide) groups is 1. The molecule has 0 aliphatic carbocycles. The Morgan fingerprint density at radius 3 is 2.71 bits per heavy atom. The van der Waals surface area contributed by atoms with Crippen LogP contribution in [-0.2, 0) is 11.3 Å². The zero-order valence-electron chi connectivity index (χ0n) is 13.0. The molecule has 0 saturated carbocycles. The van der Waals surface area contributed by atoms with Gasteiger partial charge in [-0.05, 0) is 61.8 Å². The Balaban J connectivity index is 1.98. The van der Waals surface area contributed by atoms with Crippen molar-refractivity contribution in [3.05, 3.63) is 29.8 Å². The minimum absolute atomic E-state index is 0.219. The normalized spacial score (nSPS) is 16.1. The topological polar surface area (TPSA) is 46.3 Å². The van der Waals surface area contributed by atoms with Gasteiger partial charge in [-0.15, -0.1) is 0 Å². The largest absolute Gasteiger partial charge is 0.399 e. The van der Waals surface area contributed by atoms with Crippen LogP contribution in [0.1, 0.15) is 38.7 Å². The summed E-state index contributed by atoms with van der Waals surface area (Å²) in [5.74, 6) is 3.26. The average Bonchev–Trinajstić information content (AvgIpc) is 2.45. The number of carbonyl (C=O) groups is 1. The van der Waals surface area contributed by atoms with E-state index in [1.807, 2.05) is 40.9 Å². The van der Waals surface area contributed by atoms with Crippen LogP contribution >= 0.6 is 11.8 Å². The molecule has 116 valence electrons. The fourth-order valence-electron chi connectivity index (χ4n) is 2.76. The fourth-order valence-corrected chi connectivity index (χ4v) is 3.97. The molecule has 1 aliphatic rings. The molecule has 0 atom stereocenters. The minimum Gasteiger partial charge on any atom is -0.399 e. The second-order valence-corrected chi connectivity index (χ2v) is 7.35. The van der Waals surface area contributed by atoms with E-state index in [1.54, 1.807) is 0 Å². The van der Waals surface area contributed by atoms with Crippen molar-refractivity contribution in [3.63, 3.8) is 0 Å². The molecule has 0 radical (unpaired) electrons. The molecule has 1 aromatic carbocycles. The van der Waals surface area contributed by atoms with Gasteiger partial charge in [0.25, 0.3) is 0 Å². The van der Waals surface area contributed by atoms with Crippen molar-refractivity contribution in [2.75, 3.05) is 17.2 Å². The lowest BCUT2D eigenvalue weighted by Crippen LogP contribution is -2.37. The molecule has 1 fully saturated rings. The van der Waals surface area contributed by atoms with Crippen molar-refractivity contribution >= 4 is 23.4 Å². The molecule has 1 aliphatic heterocycles. The number of rotatable bonds is 5. The van der Waals surface area contributed by atoms with E-state index in [9.17, 15) is 4.79 Å². The highest BCUT2D eigenvalue weighted by Crippen LogP contribution is 2.26. The number of carbonyl (C=O) groups excluding carboxylic acids is 1. The van der Waals surface area contributed by atoms with Crippen molar-refractivity contribution in [2.24, 2.45) is 5.92 Å². The second kappa shape index (κ2) is 7.74. The maximum Gasteiger partial charge on any atom is 0.223 e. The van der Waals surface area contributed by atoms with Crippen LogP contribution in [0.4, 0.5) is 5.69 Å². The van der Waals surface area contributed by atoms with E-state index in [4.69, 9.17) is 5.73 Å². The molecule has 4 heteroatoms. The minimum atomic E-state index is 0.219. The number of nitrogen functional groups attached to an aromatic ring is 1. The Morgan fingerprint density at radius 1 is 1.38 bits per heavy atom. The predicted molar refractivity (Wildman–Crippen MR) is 91.2 cm³/mol. The molecular weight excluding hydrogens is 280 g/mol. The number of anilines is 1. The smallest absolute Gasteiger partial charge is 0.223 e. The van der Waals surface area contributed by atoms with E-state index in [1.165, 1.54) is 24.3 Å². The van der Waals surface area contributed by atoms with Crippen molar-refractivity contribution < 1.29 is 4.79 Å². The lowest BCUT2D eigenvalue weighted by Gasteiger charge is -2.30. The van der Waals surface area contributed by atoms with Gasteiger partial charge in [0.15, 0.2) is 0 Å². The molecule has 1 heterocycles. The van der Waals surface area contributed by atoms with Crippen LogP contribution < -0.4 is 5.73 Å². The van der Waals surface area contributed by atoms with Crippen molar-refractivity contribution in [2.45, 2.75) is 45.7 Å². The average molecular weight is 306 g/mol. The third-order valence-electron chi connectivity index (χ3n) is 4.05. The van der Waals surface area contributed by atoms with Crippen molar-refractivity contribution in [1.82, 2.24) is 4.90 Å². The van der Waals surface area contributed by atoms with E-state index in [0.29, 0.717) is 18.9 Å². The zero-order valence-corrected chi connectivity index (χ0v) is 13.9. The summed E-state index contributed by atoms with van der Waals surface area (Å²) in [6.07, 6.45) is 3.06. The Morgan fingerprint density at radius 2 is 2.10 bits per heavy atom. The Labute approximate surface area is 132 Å². The third kappa shape index (κ3) is 4.95. The molecule has 2 rings (SSSR count). The van der Waals surface area contributed by atoms with Crippen LogP contribution in [0, 0.1) is 5.92 Å². The van der Waals surface area contributed by atoms with Crippen LogP contribution in [0.25, 0.3) is 0 Å². The van der Waals surface area contributed by atoms with Crippen molar-refractivity contribution in [1.29, 1.82) is 0 Å². The SMILES string of the molecule is CC(C)N(Cc1cccc(N)c1)C(=O)CC1CCSCC1. The summed E-state index contributed by atoms with van der Waals surface area (Å²) in [6, 6.07) is 8.05.